The molecule has 0 amide bonds. The van der Waals surface area contributed by atoms with E-state index in [0.717, 1.165) is 25.6 Å². The Morgan fingerprint density at radius 1 is 1.00 bits per heavy atom. The minimum Gasteiger partial charge on any atom is -0.356 e. The highest BCUT2D eigenvalue weighted by Gasteiger charge is 2.14. The molecule has 1 heterocycles. The van der Waals surface area contributed by atoms with Crippen molar-refractivity contribution in [1.29, 1.82) is 0 Å². The van der Waals surface area contributed by atoms with E-state index in [0.29, 0.717) is 18.0 Å². The van der Waals surface area contributed by atoms with E-state index in [2.05, 4.69) is 60.0 Å². The summed E-state index contributed by atoms with van der Waals surface area (Å²) in [4.78, 5) is 9.46. The lowest BCUT2D eigenvalue weighted by atomic mass is 10.1. The van der Waals surface area contributed by atoms with Gasteiger partial charge in [-0.1, -0.05) is 13.3 Å². The molecular weight excluding hydrogens is 425 g/mol. The van der Waals surface area contributed by atoms with Crippen molar-refractivity contribution in [3.8, 4) is 0 Å². The topological polar surface area (TPSA) is 42.9 Å². The van der Waals surface area contributed by atoms with Crippen molar-refractivity contribution >= 4 is 29.9 Å². The number of hydrogen-bond donors (Lipinski definition) is 2. The van der Waals surface area contributed by atoms with Crippen LogP contribution in [0.1, 0.15) is 53.9 Å². The van der Waals surface area contributed by atoms with E-state index in [-0.39, 0.29) is 24.0 Å². The third kappa shape index (κ3) is 10.6. The molecule has 1 rings (SSSR count). The van der Waals surface area contributed by atoms with E-state index >= 15 is 0 Å². The van der Waals surface area contributed by atoms with Gasteiger partial charge in [0.05, 0.1) is 0 Å². The first-order valence-corrected chi connectivity index (χ1v) is 9.86. The molecule has 1 atom stereocenters. The number of likely N-dealkylation sites (tertiary alicyclic amines) is 1. The van der Waals surface area contributed by atoms with Crippen LogP contribution >= 0.6 is 24.0 Å². The largest absolute Gasteiger partial charge is 0.356 e. The monoisotopic (exact) mass is 467 g/mol. The van der Waals surface area contributed by atoms with Crippen molar-refractivity contribution in [2.75, 3.05) is 46.3 Å². The first kappa shape index (κ1) is 24.9. The minimum atomic E-state index is 0. The van der Waals surface area contributed by atoms with E-state index < -0.39 is 0 Å². The molecule has 0 aromatic heterocycles. The summed E-state index contributed by atoms with van der Waals surface area (Å²) in [5, 5.41) is 6.94. The molecule has 0 aromatic rings. The van der Waals surface area contributed by atoms with Crippen molar-refractivity contribution in [3.63, 3.8) is 0 Å². The van der Waals surface area contributed by atoms with Gasteiger partial charge < -0.3 is 15.5 Å². The van der Waals surface area contributed by atoms with Crippen molar-refractivity contribution in [1.82, 2.24) is 20.4 Å². The molecule has 0 bridgehead atoms. The van der Waals surface area contributed by atoms with Gasteiger partial charge in [0.25, 0.3) is 0 Å². The molecule has 150 valence electrons. The fourth-order valence-electron chi connectivity index (χ4n) is 3.55. The standard InChI is InChI=1S/C19H41N5.HI/c1-16(2)24(17(3)4)13-10-21-19(20-6)22-14-18(5)15-23-11-8-7-9-12-23;/h16-18H,7-15H2,1-6H3,(H2,20,21,22);1H. The molecule has 1 aliphatic heterocycles. The minimum absolute atomic E-state index is 0. The van der Waals surface area contributed by atoms with Gasteiger partial charge in [-0.2, -0.15) is 0 Å². The highest BCUT2D eigenvalue weighted by Crippen LogP contribution is 2.10. The zero-order valence-electron chi connectivity index (χ0n) is 17.3. The van der Waals surface area contributed by atoms with Crippen LogP contribution in [0.3, 0.4) is 0 Å². The van der Waals surface area contributed by atoms with Crippen molar-refractivity contribution < 1.29 is 0 Å². The summed E-state index contributed by atoms with van der Waals surface area (Å²) in [6, 6.07) is 1.15. The van der Waals surface area contributed by atoms with Crippen LogP contribution in [0.2, 0.25) is 0 Å². The van der Waals surface area contributed by atoms with Crippen LogP contribution in [0.15, 0.2) is 4.99 Å². The predicted molar refractivity (Wildman–Crippen MR) is 121 cm³/mol. The van der Waals surface area contributed by atoms with Gasteiger partial charge in [0, 0.05) is 45.3 Å². The summed E-state index contributed by atoms with van der Waals surface area (Å²) in [6.45, 7) is 18.1. The summed E-state index contributed by atoms with van der Waals surface area (Å²) < 4.78 is 0. The molecular formula is C19H42IN5. The second-order valence-corrected chi connectivity index (χ2v) is 7.77. The van der Waals surface area contributed by atoms with Gasteiger partial charge in [-0.15, -0.1) is 24.0 Å². The van der Waals surface area contributed by atoms with Crippen LogP contribution in [0.5, 0.6) is 0 Å². The number of nitrogens with zero attached hydrogens (tertiary/aromatic N) is 3. The molecule has 1 saturated heterocycles. The summed E-state index contributed by atoms with van der Waals surface area (Å²) in [5.41, 5.74) is 0. The molecule has 5 nitrogen and oxygen atoms in total. The maximum Gasteiger partial charge on any atom is 0.191 e. The second kappa shape index (κ2) is 14.0. The first-order valence-electron chi connectivity index (χ1n) is 9.86. The Kier molecular flexibility index (Phi) is 14.0. The highest BCUT2D eigenvalue weighted by atomic mass is 127. The number of guanidine groups is 1. The van der Waals surface area contributed by atoms with E-state index in [9.17, 15) is 0 Å². The fourth-order valence-corrected chi connectivity index (χ4v) is 3.55. The van der Waals surface area contributed by atoms with Crippen LogP contribution in [0, 0.1) is 5.92 Å². The van der Waals surface area contributed by atoms with Crippen LogP contribution in [0.25, 0.3) is 0 Å². The van der Waals surface area contributed by atoms with E-state index in [1.165, 1.54) is 38.9 Å². The Morgan fingerprint density at radius 2 is 1.60 bits per heavy atom. The van der Waals surface area contributed by atoms with E-state index in [1.807, 2.05) is 7.05 Å². The summed E-state index contributed by atoms with van der Waals surface area (Å²) in [7, 11) is 1.85. The van der Waals surface area contributed by atoms with Gasteiger partial charge in [-0.3, -0.25) is 9.89 Å². The normalized spacial score (nSPS) is 17.7. The smallest absolute Gasteiger partial charge is 0.191 e. The molecule has 6 heteroatoms. The molecule has 0 spiro atoms. The third-order valence-electron chi connectivity index (χ3n) is 4.85. The lowest BCUT2D eigenvalue weighted by Gasteiger charge is -2.31. The Morgan fingerprint density at radius 3 is 2.12 bits per heavy atom. The number of nitrogens with one attached hydrogen (secondary N) is 2. The van der Waals surface area contributed by atoms with Gasteiger partial charge in [0.15, 0.2) is 5.96 Å². The van der Waals surface area contributed by atoms with E-state index in [4.69, 9.17) is 0 Å². The number of halogens is 1. The average Bonchev–Trinajstić information content (AvgIpc) is 2.54. The summed E-state index contributed by atoms with van der Waals surface area (Å²) in [6.07, 6.45) is 4.14. The Balaban J connectivity index is 0.00000576. The molecule has 1 fully saturated rings. The quantitative estimate of drug-likeness (QED) is 0.311. The van der Waals surface area contributed by atoms with Crippen molar-refractivity contribution in [2.45, 2.75) is 66.0 Å². The summed E-state index contributed by atoms with van der Waals surface area (Å²) >= 11 is 0. The van der Waals surface area contributed by atoms with Gasteiger partial charge in [-0.25, -0.2) is 0 Å². The molecule has 0 radical (unpaired) electrons. The Hall–Kier alpha value is -0.0800. The van der Waals surface area contributed by atoms with Crippen LogP contribution in [-0.2, 0) is 0 Å². The number of rotatable bonds is 9. The number of aliphatic imine (C=N–C) groups is 1. The molecule has 0 saturated carbocycles. The lowest BCUT2D eigenvalue weighted by Crippen LogP contribution is -2.46. The molecule has 2 N–H and O–H groups in total. The van der Waals surface area contributed by atoms with E-state index in [1.54, 1.807) is 0 Å². The SMILES string of the molecule is CN=C(NCCN(C(C)C)C(C)C)NCC(C)CN1CCCCC1.I. The van der Waals surface area contributed by atoms with Crippen molar-refractivity contribution in [3.05, 3.63) is 0 Å². The zero-order chi connectivity index (χ0) is 17.9. The van der Waals surface area contributed by atoms with Crippen LogP contribution < -0.4 is 10.6 Å². The second-order valence-electron chi connectivity index (χ2n) is 7.77. The Labute approximate surface area is 173 Å². The van der Waals surface area contributed by atoms with Gasteiger partial charge in [0.1, 0.15) is 0 Å². The molecule has 25 heavy (non-hydrogen) atoms. The van der Waals surface area contributed by atoms with Gasteiger partial charge in [0.2, 0.25) is 0 Å². The number of piperidine rings is 1. The molecule has 0 aliphatic carbocycles. The van der Waals surface area contributed by atoms with Crippen molar-refractivity contribution in [2.24, 2.45) is 10.9 Å². The molecule has 1 unspecified atom stereocenters. The highest BCUT2D eigenvalue weighted by molar-refractivity contribution is 14.0. The van der Waals surface area contributed by atoms with Gasteiger partial charge in [-0.05, 0) is 59.5 Å². The molecule has 0 aromatic carbocycles. The van der Waals surface area contributed by atoms with Gasteiger partial charge >= 0.3 is 0 Å². The fraction of sp³-hybridized carbons (Fsp3) is 0.947. The zero-order valence-corrected chi connectivity index (χ0v) is 19.7. The Bertz CT molecular complexity index is 346. The van der Waals surface area contributed by atoms with Crippen LogP contribution in [-0.4, -0.2) is 74.2 Å². The van der Waals surface area contributed by atoms with Crippen LogP contribution in [0.4, 0.5) is 0 Å². The first-order chi connectivity index (χ1) is 11.4. The maximum absolute atomic E-state index is 4.36. The average molecular weight is 467 g/mol. The predicted octanol–water partition coefficient (Wildman–Crippen LogP) is 3.01. The number of hydrogen-bond acceptors (Lipinski definition) is 3. The summed E-state index contributed by atoms with van der Waals surface area (Å²) in [5.74, 6) is 1.57. The molecule has 1 aliphatic rings. The third-order valence-corrected chi connectivity index (χ3v) is 4.85. The lowest BCUT2D eigenvalue weighted by molar-refractivity contribution is 0.178. The maximum atomic E-state index is 4.36.